The molecule has 1 aromatic heterocycles. The van der Waals surface area contributed by atoms with E-state index in [2.05, 4.69) is 30.8 Å². The Bertz CT molecular complexity index is 395. The zero-order chi connectivity index (χ0) is 13.8. The largest absolute Gasteiger partial charge is 0.292 e. The molecule has 0 fully saturated rings. The number of aryl methyl sites for hydroxylation is 1. The topological polar surface area (TPSA) is 38.1 Å². The Morgan fingerprint density at radius 2 is 1.94 bits per heavy atom. The van der Waals surface area contributed by atoms with Gasteiger partial charge in [-0.15, -0.1) is 0 Å². The summed E-state index contributed by atoms with van der Waals surface area (Å²) in [6.45, 7) is 12.9. The van der Waals surface area contributed by atoms with Crippen LogP contribution in [0.4, 0.5) is 0 Å². The quantitative estimate of drug-likeness (QED) is 0.699. The van der Waals surface area contributed by atoms with E-state index >= 15 is 0 Å². The fraction of sp³-hybridized carbons (Fsp3) is 0.714. The van der Waals surface area contributed by atoms with Crippen molar-refractivity contribution in [1.29, 1.82) is 0 Å². The highest BCUT2D eigenvalue weighted by Gasteiger charge is 2.37. The highest BCUT2D eigenvalue weighted by molar-refractivity contribution is 6.02. The molecule has 0 aliphatic heterocycles. The molecule has 0 saturated carbocycles. The molecule has 0 aromatic carbocycles. The number of Topliss-reactive ketones (excluding diaryl/α,β-unsaturated/α-hetero) is 1. The Hall–Kier alpha value is -1.16. The number of aromatic nitrogens is 2. The van der Waals surface area contributed by atoms with E-state index in [0.29, 0.717) is 5.56 Å². The minimum absolute atomic E-state index is 0.174. The summed E-state index contributed by atoms with van der Waals surface area (Å²) in [7, 11) is 0. The minimum Gasteiger partial charge on any atom is -0.292 e. The maximum Gasteiger partial charge on any atom is 0.185 e. The van der Waals surface area contributed by atoms with E-state index in [-0.39, 0.29) is 5.78 Å². The first kappa shape index (κ1) is 14.9. The zero-order valence-corrected chi connectivity index (χ0v) is 12.2. The van der Waals surface area contributed by atoms with Crippen molar-refractivity contribution in [2.45, 2.75) is 53.1 Å². The van der Waals surface area contributed by atoms with Crippen molar-refractivity contribution < 1.29 is 4.79 Å². The van der Waals surface area contributed by atoms with Gasteiger partial charge in [-0.05, 0) is 33.4 Å². The van der Waals surface area contributed by atoms with E-state index < -0.39 is 5.54 Å². The average Bonchev–Trinajstić information content (AvgIpc) is 2.87. The van der Waals surface area contributed by atoms with Gasteiger partial charge < -0.3 is 0 Å². The summed E-state index contributed by atoms with van der Waals surface area (Å²) in [4.78, 5) is 14.9. The van der Waals surface area contributed by atoms with Crippen LogP contribution in [0.25, 0.3) is 0 Å². The molecule has 0 bridgehead atoms. The molecule has 0 N–H and O–H groups in total. The van der Waals surface area contributed by atoms with Crippen LogP contribution in [-0.4, -0.2) is 39.1 Å². The molecule has 0 aliphatic rings. The number of carbonyl (C=O) groups excluding carboxylic acids is 1. The Kier molecular flexibility index (Phi) is 5.08. The van der Waals surface area contributed by atoms with Crippen LogP contribution in [0.3, 0.4) is 0 Å². The van der Waals surface area contributed by atoms with Crippen molar-refractivity contribution in [2.24, 2.45) is 0 Å². The fourth-order valence-corrected chi connectivity index (χ4v) is 2.41. The summed E-state index contributed by atoms with van der Waals surface area (Å²) < 4.78 is 1.80. The number of nitrogens with zero attached hydrogens (tertiary/aromatic N) is 3. The van der Waals surface area contributed by atoms with Gasteiger partial charge in [-0.25, -0.2) is 0 Å². The average molecular weight is 251 g/mol. The van der Waals surface area contributed by atoms with Crippen LogP contribution in [0, 0.1) is 0 Å². The molecule has 1 rings (SSSR count). The predicted octanol–water partition coefficient (Wildman–Crippen LogP) is 2.60. The summed E-state index contributed by atoms with van der Waals surface area (Å²) in [5.74, 6) is 0.174. The van der Waals surface area contributed by atoms with Crippen LogP contribution in [-0.2, 0) is 6.54 Å². The normalized spacial score (nSPS) is 14.8. The van der Waals surface area contributed by atoms with Gasteiger partial charge in [0, 0.05) is 12.7 Å². The number of hydrogen-bond acceptors (Lipinski definition) is 3. The molecular formula is C14H25N3O. The lowest BCUT2D eigenvalue weighted by molar-refractivity contribution is 0.0607. The van der Waals surface area contributed by atoms with Crippen LogP contribution < -0.4 is 0 Å². The van der Waals surface area contributed by atoms with Crippen molar-refractivity contribution in [2.75, 3.05) is 13.1 Å². The van der Waals surface area contributed by atoms with Gasteiger partial charge >= 0.3 is 0 Å². The van der Waals surface area contributed by atoms with Crippen molar-refractivity contribution in [1.82, 2.24) is 14.7 Å². The molecule has 1 atom stereocenters. The first-order valence-electron chi connectivity index (χ1n) is 6.85. The fourth-order valence-electron chi connectivity index (χ4n) is 2.41. The zero-order valence-electron chi connectivity index (χ0n) is 12.2. The van der Waals surface area contributed by atoms with Gasteiger partial charge in [0.05, 0.1) is 17.3 Å². The Balaban J connectivity index is 3.03. The van der Waals surface area contributed by atoms with Gasteiger partial charge in [-0.3, -0.25) is 14.4 Å². The van der Waals surface area contributed by atoms with Crippen molar-refractivity contribution in [3.63, 3.8) is 0 Å². The highest BCUT2D eigenvalue weighted by atomic mass is 16.1. The molecule has 4 nitrogen and oxygen atoms in total. The second-order valence-electron chi connectivity index (χ2n) is 4.71. The Labute approximate surface area is 110 Å². The molecular weight excluding hydrogens is 226 g/mol. The third-order valence-electron chi connectivity index (χ3n) is 3.86. The SMILES string of the molecule is CCN(CC)C(C)(CC)C(=O)c1cnn(CC)c1. The van der Waals surface area contributed by atoms with Gasteiger partial charge in [-0.1, -0.05) is 20.8 Å². The molecule has 1 aromatic rings. The number of hydrogen-bond donors (Lipinski definition) is 0. The molecule has 0 saturated heterocycles. The van der Waals surface area contributed by atoms with E-state index in [4.69, 9.17) is 0 Å². The first-order valence-corrected chi connectivity index (χ1v) is 6.85. The van der Waals surface area contributed by atoms with Crippen LogP contribution in [0.15, 0.2) is 12.4 Å². The molecule has 0 spiro atoms. The summed E-state index contributed by atoms with van der Waals surface area (Å²) >= 11 is 0. The number of likely N-dealkylation sites (N-methyl/N-ethyl adjacent to an activating group) is 1. The summed E-state index contributed by atoms with van der Waals surface area (Å²) in [6, 6.07) is 0. The van der Waals surface area contributed by atoms with Gasteiger partial charge in [-0.2, -0.15) is 5.10 Å². The Morgan fingerprint density at radius 3 is 2.33 bits per heavy atom. The van der Waals surface area contributed by atoms with Crippen molar-refractivity contribution in [3.05, 3.63) is 18.0 Å². The molecule has 1 unspecified atom stereocenters. The third-order valence-corrected chi connectivity index (χ3v) is 3.86. The molecule has 102 valence electrons. The molecule has 18 heavy (non-hydrogen) atoms. The van der Waals surface area contributed by atoms with Crippen LogP contribution in [0.2, 0.25) is 0 Å². The smallest absolute Gasteiger partial charge is 0.185 e. The molecule has 0 aliphatic carbocycles. The monoisotopic (exact) mass is 251 g/mol. The lowest BCUT2D eigenvalue weighted by atomic mass is 9.88. The lowest BCUT2D eigenvalue weighted by Crippen LogP contribution is -2.51. The standard InChI is InChI=1S/C14H25N3O/c1-6-14(5,16(7-2)8-3)13(18)12-10-15-17(9-4)11-12/h10-11H,6-9H2,1-5H3. The predicted molar refractivity (Wildman–Crippen MR) is 73.8 cm³/mol. The van der Waals surface area contributed by atoms with E-state index in [0.717, 1.165) is 26.1 Å². The van der Waals surface area contributed by atoms with Crippen molar-refractivity contribution in [3.8, 4) is 0 Å². The van der Waals surface area contributed by atoms with Gasteiger partial charge in [0.2, 0.25) is 0 Å². The van der Waals surface area contributed by atoms with Crippen LogP contribution in [0.1, 0.15) is 51.4 Å². The van der Waals surface area contributed by atoms with Crippen LogP contribution >= 0.6 is 0 Å². The number of carbonyl (C=O) groups is 1. The summed E-state index contributed by atoms with van der Waals surface area (Å²) in [6.07, 6.45) is 4.34. The molecule has 0 amide bonds. The van der Waals surface area contributed by atoms with Crippen molar-refractivity contribution >= 4 is 5.78 Å². The van der Waals surface area contributed by atoms with Crippen LogP contribution in [0.5, 0.6) is 0 Å². The number of ketones is 1. The second-order valence-corrected chi connectivity index (χ2v) is 4.71. The third kappa shape index (κ3) is 2.64. The van der Waals surface area contributed by atoms with Gasteiger partial charge in [0.1, 0.15) is 0 Å². The van der Waals surface area contributed by atoms with Gasteiger partial charge in [0.15, 0.2) is 5.78 Å². The van der Waals surface area contributed by atoms with Gasteiger partial charge in [0.25, 0.3) is 0 Å². The summed E-state index contributed by atoms with van der Waals surface area (Å²) in [5.41, 5.74) is 0.290. The highest BCUT2D eigenvalue weighted by Crippen LogP contribution is 2.24. The first-order chi connectivity index (χ1) is 8.53. The van der Waals surface area contributed by atoms with E-state index in [1.807, 2.05) is 20.0 Å². The summed E-state index contributed by atoms with van der Waals surface area (Å²) in [5, 5.41) is 4.19. The lowest BCUT2D eigenvalue weighted by Gasteiger charge is -2.38. The van der Waals surface area contributed by atoms with E-state index in [1.54, 1.807) is 10.9 Å². The maximum absolute atomic E-state index is 12.7. The molecule has 0 radical (unpaired) electrons. The van der Waals surface area contributed by atoms with E-state index in [9.17, 15) is 4.79 Å². The Morgan fingerprint density at radius 1 is 1.33 bits per heavy atom. The minimum atomic E-state index is -0.425. The molecule has 1 heterocycles. The maximum atomic E-state index is 12.7. The number of rotatable bonds is 7. The molecule has 4 heteroatoms. The van der Waals surface area contributed by atoms with E-state index in [1.165, 1.54) is 0 Å². The second kappa shape index (κ2) is 6.14.